The molecule has 2 bridgehead atoms. The summed E-state index contributed by atoms with van der Waals surface area (Å²) in [6.07, 6.45) is 3.95. The largest absolute Gasteiger partial charge is 0.369 e. The predicted octanol–water partition coefficient (Wildman–Crippen LogP) is 1.69. The van der Waals surface area contributed by atoms with E-state index in [0.29, 0.717) is 23.7 Å². The van der Waals surface area contributed by atoms with Gasteiger partial charge in [0.25, 0.3) is 0 Å². The van der Waals surface area contributed by atoms with E-state index in [1.54, 1.807) is 6.92 Å². The van der Waals surface area contributed by atoms with Crippen molar-refractivity contribution in [2.24, 2.45) is 29.6 Å². The highest BCUT2D eigenvalue weighted by molar-refractivity contribution is 5.91. The summed E-state index contributed by atoms with van der Waals surface area (Å²) in [5.41, 5.74) is 0.646. The average Bonchev–Trinajstić information content (AvgIpc) is 2.71. The van der Waals surface area contributed by atoms with E-state index in [1.807, 2.05) is 11.9 Å². The van der Waals surface area contributed by atoms with Crippen LogP contribution in [0.15, 0.2) is 12.2 Å². The molecule has 1 aliphatic heterocycles. The molecule has 0 aromatic heterocycles. The molecule has 1 amide bonds. The molecular formula is C15H21NO2. The normalized spacial score (nSPS) is 50.2. The fourth-order valence-electron chi connectivity index (χ4n) is 5.12. The van der Waals surface area contributed by atoms with Crippen molar-refractivity contribution in [2.45, 2.75) is 32.0 Å². The van der Waals surface area contributed by atoms with Gasteiger partial charge in [-0.15, -0.1) is 0 Å². The van der Waals surface area contributed by atoms with Crippen molar-refractivity contribution < 1.29 is 9.53 Å². The third kappa shape index (κ3) is 1.26. The van der Waals surface area contributed by atoms with Gasteiger partial charge < -0.3 is 9.64 Å². The summed E-state index contributed by atoms with van der Waals surface area (Å²) in [5.74, 6) is 4.25. The molecule has 1 saturated heterocycles. The number of hydrogen-bond donors (Lipinski definition) is 0. The highest BCUT2D eigenvalue weighted by atomic mass is 16.6. The first kappa shape index (κ1) is 11.0. The maximum atomic E-state index is 11.9. The number of carbonyl (C=O) groups is 1. The Kier molecular flexibility index (Phi) is 2.07. The Bertz CT molecular complexity index is 432. The molecule has 7 atom stereocenters. The van der Waals surface area contributed by atoms with Gasteiger partial charge in [0.05, 0.1) is 12.2 Å². The van der Waals surface area contributed by atoms with Gasteiger partial charge in [-0.2, -0.15) is 0 Å². The molecule has 18 heavy (non-hydrogen) atoms. The van der Waals surface area contributed by atoms with Gasteiger partial charge in [-0.25, -0.2) is 0 Å². The van der Waals surface area contributed by atoms with Gasteiger partial charge in [0.15, 0.2) is 0 Å². The zero-order valence-electron chi connectivity index (χ0n) is 11.1. The van der Waals surface area contributed by atoms with Crippen LogP contribution in [0.2, 0.25) is 0 Å². The Hall–Kier alpha value is -0.830. The van der Waals surface area contributed by atoms with E-state index in [0.717, 1.165) is 30.2 Å². The predicted molar refractivity (Wildman–Crippen MR) is 67.8 cm³/mol. The number of carbonyl (C=O) groups excluding carboxylic acids is 1. The van der Waals surface area contributed by atoms with E-state index in [1.165, 1.54) is 12.8 Å². The van der Waals surface area contributed by atoms with Gasteiger partial charge in [0, 0.05) is 19.2 Å². The van der Waals surface area contributed by atoms with Crippen molar-refractivity contribution in [1.29, 1.82) is 0 Å². The smallest absolute Gasteiger partial charge is 0.248 e. The van der Waals surface area contributed by atoms with E-state index < -0.39 is 0 Å². The highest BCUT2D eigenvalue weighted by Crippen LogP contribution is 2.70. The number of amides is 1. The van der Waals surface area contributed by atoms with E-state index >= 15 is 0 Å². The molecule has 0 spiro atoms. The minimum absolute atomic E-state index is 0.100. The van der Waals surface area contributed by atoms with Crippen molar-refractivity contribution in [1.82, 2.24) is 4.90 Å². The Morgan fingerprint density at radius 3 is 2.78 bits per heavy atom. The highest BCUT2D eigenvalue weighted by Gasteiger charge is 2.73. The Morgan fingerprint density at radius 1 is 1.33 bits per heavy atom. The molecule has 3 aliphatic carbocycles. The van der Waals surface area contributed by atoms with Crippen LogP contribution in [0.5, 0.6) is 0 Å². The Morgan fingerprint density at radius 2 is 2.06 bits per heavy atom. The van der Waals surface area contributed by atoms with Crippen LogP contribution in [0.25, 0.3) is 0 Å². The molecule has 3 saturated carbocycles. The third-order valence-corrected chi connectivity index (χ3v) is 5.81. The van der Waals surface area contributed by atoms with Gasteiger partial charge in [-0.3, -0.25) is 4.79 Å². The van der Waals surface area contributed by atoms with Crippen LogP contribution < -0.4 is 0 Å². The molecule has 4 rings (SSSR count). The zero-order valence-corrected chi connectivity index (χ0v) is 11.1. The second-order valence-corrected chi connectivity index (χ2v) is 6.84. The summed E-state index contributed by atoms with van der Waals surface area (Å²) in [6, 6.07) is 0. The first-order chi connectivity index (χ1) is 8.58. The van der Waals surface area contributed by atoms with Crippen molar-refractivity contribution in [2.75, 3.05) is 13.6 Å². The molecule has 3 heteroatoms. The average molecular weight is 247 g/mol. The fourth-order valence-corrected chi connectivity index (χ4v) is 5.12. The molecule has 4 aliphatic rings. The number of nitrogens with zero attached hydrogens (tertiary/aromatic N) is 1. The van der Waals surface area contributed by atoms with Gasteiger partial charge in [0.1, 0.15) is 0 Å². The molecule has 3 nitrogen and oxygen atoms in total. The maximum Gasteiger partial charge on any atom is 0.248 e. The number of hydrogen-bond acceptors (Lipinski definition) is 2. The lowest BCUT2D eigenvalue weighted by molar-refractivity contribution is -0.126. The number of likely N-dealkylation sites (N-methyl/N-ethyl adjacent to an activating group) is 1. The summed E-state index contributed by atoms with van der Waals surface area (Å²) in [7, 11) is 1.91. The third-order valence-electron chi connectivity index (χ3n) is 5.81. The maximum absolute atomic E-state index is 11.9. The topological polar surface area (TPSA) is 32.8 Å². The van der Waals surface area contributed by atoms with Crippen LogP contribution in [-0.2, 0) is 9.53 Å². The summed E-state index contributed by atoms with van der Waals surface area (Å²) < 4.78 is 5.72. The number of rotatable bonds is 3. The number of fused-ring (bicyclic) bond motifs is 8. The van der Waals surface area contributed by atoms with Gasteiger partial charge in [-0.05, 0) is 49.4 Å². The molecule has 98 valence electrons. The Labute approximate surface area is 108 Å². The second-order valence-electron chi connectivity index (χ2n) is 6.84. The molecule has 7 unspecified atom stereocenters. The lowest BCUT2D eigenvalue weighted by Gasteiger charge is -2.40. The fraction of sp³-hybridized carbons (Fsp3) is 0.800. The monoisotopic (exact) mass is 247 g/mol. The quantitative estimate of drug-likeness (QED) is 0.561. The molecule has 4 fully saturated rings. The summed E-state index contributed by atoms with van der Waals surface area (Å²) in [4.78, 5) is 13.7. The van der Waals surface area contributed by atoms with Crippen molar-refractivity contribution >= 4 is 5.91 Å². The zero-order chi connectivity index (χ0) is 12.6. The van der Waals surface area contributed by atoms with E-state index in [4.69, 9.17) is 4.74 Å². The summed E-state index contributed by atoms with van der Waals surface area (Å²) in [5, 5.41) is 0. The van der Waals surface area contributed by atoms with Gasteiger partial charge in [-0.1, -0.05) is 6.58 Å². The van der Waals surface area contributed by atoms with Gasteiger partial charge >= 0.3 is 0 Å². The first-order valence-corrected chi connectivity index (χ1v) is 7.14. The van der Waals surface area contributed by atoms with Crippen molar-refractivity contribution in [3.8, 4) is 0 Å². The van der Waals surface area contributed by atoms with E-state index in [9.17, 15) is 4.79 Å². The Balaban J connectivity index is 1.42. The lowest BCUT2D eigenvalue weighted by Crippen LogP contribution is -2.46. The molecule has 0 aromatic rings. The van der Waals surface area contributed by atoms with Crippen LogP contribution >= 0.6 is 0 Å². The van der Waals surface area contributed by atoms with Crippen molar-refractivity contribution in [3.05, 3.63) is 12.2 Å². The van der Waals surface area contributed by atoms with Crippen LogP contribution in [0.1, 0.15) is 19.8 Å². The number of ether oxygens (including phenoxy) is 1. The van der Waals surface area contributed by atoms with Gasteiger partial charge in [0.2, 0.25) is 5.91 Å². The van der Waals surface area contributed by atoms with Crippen LogP contribution in [-0.4, -0.2) is 36.6 Å². The molecule has 0 N–H and O–H groups in total. The summed E-state index contributed by atoms with van der Waals surface area (Å²) >= 11 is 0. The summed E-state index contributed by atoms with van der Waals surface area (Å²) in [6.45, 7) is 6.45. The van der Waals surface area contributed by atoms with Crippen LogP contribution in [0.4, 0.5) is 0 Å². The molecule has 0 aromatic carbocycles. The van der Waals surface area contributed by atoms with Crippen LogP contribution in [0.3, 0.4) is 0 Å². The minimum atomic E-state index is 0.100. The SMILES string of the molecule is C=C(C)C(=O)N(C)CC1CC2CC1C1C3OC3C21. The molecule has 0 radical (unpaired) electrons. The van der Waals surface area contributed by atoms with Crippen LogP contribution in [0, 0.1) is 29.6 Å². The van der Waals surface area contributed by atoms with E-state index in [-0.39, 0.29) is 5.91 Å². The second kappa shape index (κ2) is 3.38. The standard InChI is InChI=1S/C15H21NO2/c1-7(2)15(17)16(3)6-9-4-8-5-10(9)12-11(8)13-14(12)18-13/h8-14H,1,4-6H2,2-3H3. The minimum Gasteiger partial charge on any atom is -0.369 e. The molecule has 1 heterocycles. The first-order valence-electron chi connectivity index (χ1n) is 7.14. The van der Waals surface area contributed by atoms with E-state index in [2.05, 4.69) is 6.58 Å². The van der Waals surface area contributed by atoms with Crippen molar-refractivity contribution in [3.63, 3.8) is 0 Å². The number of epoxide rings is 1. The lowest BCUT2D eigenvalue weighted by atomic mass is 9.62. The molecular weight excluding hydrogens is 226 g/mol.